The van der Waals surface area contributed by atoms with Crippen LogP contribution in [0.5, 0.6) is 0 Å². The van der Waals surface area contributed by atoms with Gasteiger partial charge in [-0.1, -0.05) is 60.5 Å². The monoisotopic (exact) mass is 294 g/mol. The lowest BCUT2D eigenvalue weighted by Gasteiger charge is -2.38. The molecule has 0 bridgehead atoms. The minimum atomic E-state index is 0.402. The Kier molecular flexibility index (Phi) is 4.30. The third-order valence-corrected chi connectivity index (χ3v) is 5.22. The summed E-state index contributed by atoms with van der Waals surface area (Å²) in [6, 6.07) is 9.07. The molecule has 1 aromatic rings. The third kappa shape index (κ3) is 2.76. The lowest BCUT2D eigenvalue weighted by atomic mass is 9.68. The van der Waals surface area contributed by atoms with Crippen LogP contribution in [0.3, 0.4) is 0 Å². The number of halogens is 1. The number of benzene rings is 1. The second-order valence-corrected chi connectivity index (χ2v) is 6.42. The van der Waals surface area contributed by atoms with Gasteiger partial charge in [0.15, 0.2) is 0 Å². The Balaban J connectivity index is 2.28. The Morgan fingerprint density at radius 3 is 2.76 bits per heavy atom. The molecule has 1 aliphatic rings. The van der Waals surface area contributed by atoms with Crippen LogP contribution in [0, 0.1) is 5.92 Å². The van der Waals surface area contributed by atoms with Crippen LogP contribution in [0.2, 0.25) is 0 Å². The first-order valence-electron chi connectivity index (χ1n) is 6.82. The largest absolute Gasteiger partial charge is 0.0918 e. The maximum absolute atomic E-state index is 3.79. The van der Waals surface area contributed by atoms with E-state index in [1.807, 2.05) is 0 Å². The second kappa shape index (κ2) is 5.56. The summed E-state index contributed by atoms with van der Waals surface area (Å²) >= 11 is 3.79. The predicted molar refractivity (Wildman–Crippen MR) is 78.9 cm³/mol. The van der Waals surface area contributed by atoms with Crippen molar-refractivity contribution in [2.75, 3.05) is 5.33 Å². The van der Waals surface area contributed by atoms with Crippen LogP contribution in [0.15, 0.2) is 24.3 Å². The molecule has 0 amide bonds. The van der Waals surface area contributed by atoms with Crippen molar-refractivity contribution in [1.82, 2.24) is 0 Å². The van der Waals surface area contributed by atoms with Crippen molar-refractivity contribution in [3.05, 3.63) is 35.4 Å². The zero-order valence-corrected chi connectivity index (χ0v) is 12.6. The summed E-state index contributed by atoms with van der Waals surface area (Å²) in [5.41, 5.74) is 3.60. The van der Waals surface area contributed by atoms with Crippen LogP contribution < -0.4 is 0 Å². The summed E-state index contributed by atoms with van der Waals surface area (Å²) < 4.78 is 0. The Morgan fingerprint density at radius 1 is 1.29 bits per heavy atom. The van der Waals surface area contributed by atoms with Crippen molar-refractivity contribution >= 4 is 15.9 Å². The topological polar surface area (TPSA) is 0 Å². The average Bonchev–Trinajstić information content (AvgIpc) is 2.36. The highest BCUT2D eigenvalue weighted by molar-refractivity contribution is 9.09. The van der Waals surface area contributed by atoms with Crippen molar-refractivity contribution < 1.29 is 0 Å². The summed E-state index contributed by atoms with van der Waals surface area (Å²) in [5, 5.41) is 1.11. The summed E-state index contributed by atoms with van der Waals surface area (Å²) in [5.74, 6) is 0.806. The zero-order chi connectivity index (χ0) is 12.3. The van der Waals surface area contributed by atoms with Gasteiger partial charge in [-0.05, 0) is 42.7 Å². The van der Waals surface area contributed by atoms with Crippen LogP contribution in [0.25, 0.3) is 0 Å². The number of hydrogen-bond donors (Lipinski definition) is 0. The van der Waals surface area contributed by atoms with Crippen molar-refractivity contribution in [2.24, 2.45) is 5.92 Å². The van der Waals surface area contributed by atoms with E-state index in [2.05, 4.69) is 54.0 Å². The molecule has 17 heavy (non-hydrogen) atoms. The summed E-state index contributed by atoms with van der Waals surface area (Å²) in [6.07, 6.45) is 6.63. The van der Waals surface area contributed by atoms with Gasteiger partial charge in [-0.25, -0.2) is 0 Å². The highest BCUT2D eigenvalue weighted by atomic mass is 79.9. The Bertz CT molecular complexity index is 370. The number of fused-ring (bicyclic) bond motifs is 1. The van der Waals surface area contributed by atoms with E-state index in [-0.39, 0.29) is 0 Å². The van der Waals surface area contributed by atoms with Crippen LogP contribution in [-0.4, -0.2) is 5.33 Å². The van der Waals surface area contributed by atoms with Gasteiger partial charge in [0.25, 0.3) is 0 Å². The highest BCUT2D eigenvalue weighted by Crippen LogP contribution is 2.42. The summed E-state index contributed by atoms with van der Waals surface area (Å²) in [6.45, 7) is 4.66. The summed E-state index contributed by atoms with van der Waals surface area (Å²) in [4.78, 5) is 0. The van der Waals surface area contributed by atoms with Crippen molar-refractivity contribution in [2.45, 2.75) is 51.4 Å². The van der Waals surface area contributed by atoms with Crippen molar-refractivity contribution in [1.29, 1.82) is 0 Å². The molecule has 0 nitrogen and oxygen atoms in total. The molecule has 0 saturated carbocycles. The number of hydrogen-bond acceptors (Lipinski definition) is 0. The normalized spacial score (nSPS) is 23.8. The molecule has 0 aliphatic heterocycles. The SMILES string of the molecule is CC(C)CCC1(CBr)CCCc2ccccc21. The average molecular weight is 295 g/mol. The predicted octanol–water partition coefficient (Wildman–Crippen LogP) is 5.09. The first-order chi connectivity index (χ1) is 8.18. The van der Waals surface area contributed by atoms with Crippen molar-refractivity contribution in [3.8, 4) is 0 Å². The van der Waals surface area contributed by atoms with E-state index >= 15 is 0 Å². The van der Waals surface area contributed by atoms with Gasteiger partial charge >= 0.3 is 0 Å². The maximum Gasteiger partial charge on any atom is 0.0129 e. The van der Waals surface area contributed by atoms with Gasteiger partial charge < -0.3 is 0 Å². The minimum absolute atomic E-state index is 0.402. The molecule has 0 spiro atoms. The molecule has 2 rings (SSSR count). The quantitative estimate of drug-likeness (QED) is 0.679. The van der Waals surface area contributed by atoms with Gasteiger partial charge in [-0.3, -0.25) is 0 Å². The Morgan fingerprint density at radius 2 is 2.06 bits per heavy atom. The van der Waals surface area contributed by atoms with E-state index < -0.39 is 0 Å². The molecule has 1 heteroatoms. The van der Waals surface area contributed by atoms with Crippen LogP contribution in [0.4, 0.5) is 0 Å². The van der Waals surface area contributed by atoms with E-state index in [0.717, 1.165) is 11.2 Å². The fourth-order valence-corrected chi connectivity index (χ4v) is 3.90. The minimum Gasteiger partial charge on any atom is -0.0918 e. The fraction of sp³-hybridized carbons (Fsp3) is 0.625. The molecule has 0 saturated heterocycles. The van der Waals surface area contributed by atoms with Gasteiger partial charge in [0.2, 0.25) is 0 Å². The van der Waals surface area contributed by atoms with Crippen LogP contribution in [-0.2, 0) is 11.8 Å². The van der Waals surface area contributed by atoms with E-state index in [4.69, 9.17) is 0 Å². The van der Waals surface area contributed by atoms with E-state index in [1.54, 1.807) is 11.1 Å². The van der Waals surface area contributed by atoms with E-state index in [0.29, 0.717) is 5.41 Å². The van der Waals surface area contributed by atoms with Gasteiger partial charge in [0.1, 0.15) is 0 Å². The van der Waals surface area contributed by atoms with Crippen molar-refractivity contribution in [3.63, 3.8) is 0 Å². The van der Waals surface area contributed by atoms with Crippen LogP contribution in [0.1, 0.15) is 50.7 Å². The Labute approximate surface area is 114 Å². The van der Waals surface area contributed by atoms with E-state index in [1.165, 1.54) is 32.1 Å². The standard InChI is InChI=1S/C16H23Br/c1-13(2)9-11-16(12-17)10-5-7-14-6-3-4-8-15(14)16/h3-4,6,8,13H,5,7,9-12H2,1-2H3. The third-order valence-electron chi connectivity index (χ3n) is 4.15. The van der Waals surface area contributed by atoms with Gasteiger partial charge in [-0.15, -0.1) is 0 Å². The van der Waals surface area contributed by atoms with Gasteiger partial charge in [0.05, 0.1) is 0 Å². The second-order valence-electron chi connectivity index (χ2n) is 5.86. The van der Waals surface area contributed by atoms with Gasteiger partial charge in [-0.2, -0.15) is 0 Å². The van der Waals surface area contributed by atoms with Crippen LogP contribution >= 0.6 is 15.9 Å². The molecule has 1 aliphatic carbocycles. The fourth-order valence-electron chi connectivity index (χ4n) is 3.04. The molecule has 1 aromatic carbocycles. The molecule has 0 heterocycles. The molecule has 0 N–H and O–H groups in total. The molecular weight excluding hydrogens is 272 g/mol. The number of rotatable bonds is 4. The maximum atomic E-state index is 3.79. The van der Waals surface area contributed by atoms with E-state index in [9.17, 15) is 0 Å². The molecule has 0 radical (unpaired) electrons. The zero-order valence-electron chi connectivity index (χ0n) is 11.0. The smallest absolute Gasteiger partial charge is 0.0129 e. The molecule has 0 aromatic heterocycles. The number of alkyl halides is 1. The molecule has 1 atom stereocenters. The molecule has 0 fully saturated rings. The lowest BCUT2D eigenvalue weighted by molar-refractivity contribution is 0.344. The first kappa shape index (κ1) is 13.1. The summed E-state index contributed by atoms with van der Waals surface area (Å²) in [7, 11) is 0. The Hall–Kier alpha value is -0.300. The lowest BCUT2D eigenvalue weighted by Crippen LogP contribution is -2.33. The number of aryl methyl sites for hydroxylation is 1. The first-order valence-corrected chi connectivity index (χ1v) is 7.94. The molecule has 1 unspecified atom stereocenters. The highest BCUT2D eigenvalue weighted by Gasteiger charge is 2.34. The molecule has 94 valence electrons. The molecular formula is C16H23Br. The van der Waals surface area contributed by atoms with Gasteiger partial charge in [0, 0.05) is 10.7 Å².